The van der Waals surface area contributed by atoms with Crippen LogP contribution in [0.2, 0.25) is 0 Å². The highest BCUT2D eigenvalue weighted by Gasteiger charge is 2.19. The van der Waals surface area contributed by atoms with E-state index in [9.17, 15) is 19.7 Å². The first-order valence-electron chi connectivity index (χ1n) is 6.06. The van der Waals surface area contributed by atoms with Crippen LogP contribution in [0.25, 0.3) is 0 Å². The Bertz CT molecular complexity index is 558. The maximum Gasteiger partial charge on any atom is 0.338 e. The van der Waals surface area contributed by atoms with Gasteiger partial charge in [-0.2, -0.15) is 0 Å². The molecule has 0 radical (unpaired) electrons. The second kappa shape index (κ2) is 7.34. The largest absolute Gasteiger partial charge is 0.465 e. The molecule has 0 aliphatic carbocycles. The molecule has 0 spiro atoms. The monoisotopic (exact) mass is 296 g/mol. The van der Waals surface area contributed by atoms with Gasteiger partial charge in [-0.1, -0.05) is 0 Å². The lowest BCUT2D eigenvalue weighted by molar-refractivity contribution is -0.384. The number of non-ortho nitro benzene ring substituents is 1. The molecule has 1 atom stereocenters. The van der Waals surface area contributed by atoms with Gasteiger partial charge in [0.05, 0.1) is 24.2 Å². The smallest absolute Gasteiger partial charge is 0.338 e. The summed E-state index contributed by atoms with van der Waals surface area (Å²) in [5.74, 6) is -1.29. The summed E-state index contributed by atoms with van der Waals surface area (Å²) in [6.07, 6.45) is 0. The van der Waals surface area contributed by atoms with Crippen molar-refractivity contribution in [3.8, 4) is 0 Å². The lowest BCUT2D eigenvalue weighted by Gasteiger charge is -2.13. The second-order valence-corrected chi connectivity index (χ2v) is 4.35. The van der Waals surface area contributed by atoms with Crippen molar-refractivity contribution < 1.29 is 24.0 Å². The van der Waals surface area contributed by atoms with Crippen LogP contribution in [-0.2, 0) is 9.47 Å². The van der Waals surface area contributed by atoms with Crippen LogP contribution >= 0.6 is 0 Å². The summed E-state index contributed by atoms with van der Waals surface area (Å²) in [6.45, 7) is 2.02. The molecule has 0 bridgehead atoms. The van der Waals surface area contributed by atoms with Gasteiger partial charge in [-0.15, -0.1) is 0 Å². The Morgan fingerprint density at radius 3 is 2.43 bits per heavy atom. The van der Waals surface area contributed by atoms with Crippen LogP contribution in [0.1, 0.15) is 27.6 Å². The van der Waals surface area contributed by atoms with Crippen LogP contribution in [-0.4, -0.2) is 43.7 Å². The van der Waals surface area contributed by atoms with Crippen LogP contribution < -0.4 is 5.32 Å². The van der Waals surface area contributed by atoms with Crippen molar-refractivity contribution in [2.24, 2.45) is 0 Å². The van der Waals surface area contributed by atoms with Gasteiger partial charge in [0.15, 0.2) is 0 Å². The zero-order chi connectivity index (χ0) is 16.0. The molecule has 114 valence electrons. The molecule has 1 rings (SSSR count). The number of nitrogens with zero attached hydrogens (tertiary/aromatic N) is 1. The van der Waals surface area contributed by atoms with E-state index in [2.05, 4.69) is 10.1 Å². The average Bonchev–Trinajstić information content (AvgIpc) is 2.45. The van der Waals surface area contributed by atoms with E-state index in [0.717, 1.165) is 19.2 Å². The number of nitrogens with one attached hydrogen (secondary N) is 1. The lowest BCUT2D eigenvalue weighted by Crippen LogP contribution is -2.35. The third kappa shape index (κ3) is 4.53. The van der Waals surface area contributed by atoms with Gasteiger partial charge in [0.1, 0.15) is 0 Å². The molecule has 1 aromatic carbocycles. The highest BCUT2D eigenvalue weighted by Crippen LogP contribution is 2.18. The number of carbonyl (C=O) groups excluding carboxylic acids is 2. The Morgan fingerprint density at radius 2 is 1.90 bits per heavy atom. The number of nitro groups is 1. The number of ether oxygens (including phenoxy) is 2. The Labute approximate surface area is 121 Å². The fraction of sp³-hybridized carbons (Fsp3) is 0.385. The molecule has 0 fully saturated rings. The van der Waals surface area contributed by atoms with E-state index in [0.29, 0.717) is 6.61 Å². The summed E-state index contributed by atoms with van der Waals surface area (Å²) in [4.78, 5) is 33.7. The maximum absolute atomic E-state index is 12.0. The maximum atomic E-state index is 12.0. The fourth-order valence-corrected chi connectivity index (χ4v) is 1.68. The fourth-order valence-electron chi connectivity index (χ4n) is 1.68. The second-order valence-electron chi connectivity index (χ2n) is 4.35. The highest BCUT2D eigenvalue weighted by molar-refractivity contribution is 5.99. The van der Waals surface area contributed by atoms with Gasteiger partial charge in [0.25, 0.3) is 11.6 Å². The first kappa shape index (κ1) is 16.6. The van der Waals surface area contributed by atoms with Gasteiger partial charge >= 0.3 is 5.97 Å². The van der Waals surface area contributed by atoms with Gasteiger partial charge < -0.3 is 14.8 Å². The third-order valence-corrected chi connectivity index (χ3v) is 2.61. The van der Waals surface area contributed by atoms with Gasteiger partial charge in [0, 0.05) is 30.8 Å². The molecule has 0 saturated carbocycles. The van der Waals surface area contributed by atoms with Crippen molar-refractivity contribution in [3.05, 3.63) is 39.4 Å². The molecule has 8 heteroatoms. The minimum Gasteiger partial charge on any atom is -0.465 e. The predicted molar refractivity (Wildman–Crippen MR) is 73.2 cm³/mol. The van der Waals surface area contributed by atoms with E-state index >= 15 is 0 Å². The third-order valence-electron chi connectivity index (χ3n) is 2.61. The minimum atomic E-state index is -0.752. The van der Waals surface area contributed by atoms with Gasteiger partial charge in [-0.3, -0.25) is 14.9 Å². The molecule has 0 heterocycles. The molecule has 1 N–H and O–H groups in total. The van der Waals surface area contributed by atoms with Crippen molar-refractivity contribution in [1.29, 1.82) is 0 Å². The SMILES string of the molecule is COCC(C)NC(=O)c1cc(C(=O)OC)cc([N+](=O)[O-])c1. The van der Waals surface area contributed by atoms with Gasteiger partial charge in [-0.25, -0.2) is 4.79 Å². The van der Waals surface area contributed by atoms with E-state index in [1.807, 2.05) is 0 Å². The van der Waals surface area contributed by atoms with Crippen molar-refractivity contribution in [2.45, 2.75) is 13.0 Å². The van der Waals surface area contributed by atoms with Crippen molar-refractivity contribution in [2.75, 3.05) is 20.8 Å². The number of hydrogen-bond acceptors (Lipinski definition) is 6. The molecule has 21 heavy (non-hydrogen) atoms. The first-order valence-corrected chi connectivity index (χ1v) is 6.06. The Morgan fingerprint density at radius 1 is 1.29 bits per heavy atom. The Balaban J connectivity index is 3.10. The summed E-state index contributed by atoms with van der Waals surface area (Å²) in [7, 11) is 2.65. The number of nitro benzene ring substituents is 1. The van der Waals surface area contributed by atoms with Crippen molar-refractivity contribution in [1.82, 2.24) is 5.32 Å². The summed E-state index contributed by atoms with van der Waals surface area (Å²) in [6, 6.07) is 3.12. The first-order chi connectivity index (χ1) is 9.88. The van der Waals surface area contributed by atoms with Gasteiger partial charge in [-0.05, 0) is 13.0 Å². The normalized spacial score (nSPS) is 11.6. The van der Waals surface area contributed by atoms with Crippen molar-refractivity contribution in [3.63, 3.8) is 0 Å². The van der Waals surface area contributed by atoms with Crippen LogP contribution in [0.3, 0.4) is 0 Å². The van der Waals surface area contributed by atoms with Crippen LogP contribution in [0.15, 0.2) is 18.2 Å². The number of rotatable bonds is 6. The topological polar surface area (TPSA) is 108 Å². The molecule has 1 aromatic rings. The average molecular weight is 296 g/mol. The van der Waals surface area contributed by atoms with E-state index < -0.39 is 16.8 Å². The molecule has 0 aliphatic rings. The molecule has 0 aromatic heterocycles. The standard InChI is InChI=1S/C13H16N2O6/c1-8(7-20-2)14-12(16)9-4-10(13(17)21-3)6-11(5-9)15(18)19/h4-6,8H,7H2,1-3H3,(H,14,16). The molecular formula is C13H16N2O6. The molecule has 0 saturated heterocycles. The number of benzene rings is 1. The zero-order valence-electron chi connectivity index (χ0n) is 11.9. The van der Waals surface area contributed by atoms with E-state index in [-0.39, 0.29) is 22.9 Å². The predicted octanol–water partition coefficient (Wildman–Crippen LogP) is 1.15. The highest BCUT2D eigenvalue weighted by atomic mass is 16.6. The molecule has 1 unspecified atom stereocenters. The van der Waals surface area contributed by atoms with E-state index in [1.165, 1.54) is 13.2 Å². The molecule has 0 aliphatic heterocycles. The number of hydrogen-bond donors (Lipinski definition) is 1. The van der Waals surface area contributed by atoms with E-state index in [1.54, 1.807) is 6.92 Å². The summed E-state index contributed by atoms with van der Waals surface area (Å²) >= 11 is 0. The van der Waals surface area contributed by atoms with Gasteiger partial charge in [0.2, 0.25) is 0 Å². The molecular weight excluding hydrogens is 280 g/mol. The van der Waals surface area contributed by atoms with E-state index in [4.69, 9.17) is 4.74 Å². The minimum absolute atomic E-state index is 0.00699. The Kier molecular flexibility index (Phi) is 5.79. The quantitative estimate of drug-likeness (QED) is 0.479. The van der Waals surface area contributed by atoms with Crippen LogP contribution in [0, 0.1) is 10.1 Å². The zero-order valence-corrected chi connectivity index (χ0v) is 11.9. The summed E-state index contributed by atoms with van der Waals surface area (Å²) in [5, 5.41) is 13.5. The number of methoxy groups -OCH3 is 2. The molecule has 8 nitrogen and oxygen atoms in total. The number of amides is 1. The van der Waals surface area contributed by atoms with Crippen LogP contribution in [0.4, 0.5) is 5.69 Å². The number of esters is 1. The Hall–Kier alpha value is -2.48. The molecule has 1 amide bonds. The summed E-state index contributed by atoms with van der Waals surface area (Å²) in [5.41, 5.74) is -0.411. The lowest BCUT2D eigenvalue weighted by atomic mass is 10.1. The number of carbonyl (C=O) groups is 2. The summed E-state index contributed by atoms with van der Waals surface area (Å²) < 4.78 is 9.40. The van der Waals surface area contributed by atoms with Crippen LogP contribution in [0.5, 0.6) is 0 Å². The van der Waals surface area contributed by atoms with Crippen molar-refractivity contribution >= 4 is 17.6 Å².